The number of morpholine rings is 1. The highest BCUT2D eigenvalue weighted by molar-refractivity contribution is 8.18. The van der Waals surface area contributed by atoms with Gasteiger partial charge in [-0.2, -0.15) is 0 Å². The topological polar surface area (TPSA) is 109 Å². The minimum atomic E-state index is -0.635. The van der Waals surface area contributed by atoms with E-state index in [1.165, 1.54) is 6.08 Å². The Morgan fingerprint density at radius 3 is 2.60 bits per heavy atom. The number of nitrogens with one attached hydrogen (secondary N) is 1. The molecule has 2 aliphatic heterocycles. The number of fused-ring (bicyclic) bond motifs is 1. The summed E-state index contributed by atoms with van der Waals surface area (Å²) in [5.74, 6) is -1.14. The van der Waals surface area contributed by atoms with Gasteiger partial charge >= 0.3 is 5.63 Å². The molecule has 0 unspecified atom stereocenters. The largest absolute Gasteiger partial charge is 0.422 e. The molecule has 3 aromatic rings. The number of benzene rings is 2. The molecular weight excluding hydrogens is 470 g/mol. The van der Waals surface area contributed by atoms with Gasteiger partial charge in [0.2, 0.25) is 5.91 Å². The van der Waals surface area contributed by atoms with Crippen molar-refractivity contribution < 1.29 is 23.5 Å². The van der Waals surface area contributed by atoms with Gasteiger partial charge in [0.25, 0.3) is 11.1 Å². The van der Waals surface area contributed by atoms with Gasteiger partial charge in [-0.25, -0.2) is 4.79 Å². The normalized spacial score (nSPS) is 17.4. The lowest BCUT2D eigenvalue weighted by Crippen LogP contribution is -2.38. The van der Waals surface area contributed by atoms with Crippen LogP contribution < -0.4 is 15.8 Å². The Morgan fingerprint density at radius 2 is 1.77 bits per heavy atom. The van der Waals surface area contributed by atoms with Gasteiger partial charge in [-0.15, -0.1) is 0 Å². The van der Waals surface area contributed by atoms with Gasteiger partial charge in [-0.05, 0) is 42.1 Å². The van der Waals surface area contributed by atoms with Crippen molar-refractivity contribution in [3.05, 3.63) is 75.5 Å². The molecule has 9 nitrogen and oxygen atoms in total. The molecule has 3 amide bonds. The van der Waals surface area contributed by atoms with Crippen molar-refractivity contribution in [2.24, 2.45) is 0 Å². The van der Waals surface area contributed by atoms with Crippen LogP contribution in [0.15, 0.2) is 68.7 Å². The van der Waals surface area contributed by atoms with Gasteiger partial charge in [0, 0.05) is 18.5 Å². The average molecular weight is 492 g/mol. The molecule has 3 heterocycles. The van der Waals surface area contributed by atoms with Gasteiger partial charge in [-0.3, -0.25) is 19.3 Å². The number of hydrogen-bond donors (Lipinski definition) is 1. The second-order valence-electron chi connectivity index (χ2n) is 7.96. The molecule has 5 rings (SSSR count). The van der Waals surface area contributed by atoms with Crippen LogP contribution in [0.5, 0.6) is 0 Å². The molecule has 2 saturated heterocycles. The molecule has 0 atom stereocenters. The summed E-state index contributed by atoms with van der Waals surface area (Å²) in [6.45, 7) is 2.15. The third-order valence-electron chi connectivity index (χ3n) is 5.66. The molecule has 0 radical (unpaired) electrons. The van der Waals surface area contributed by atoms with Crippen LogP contribution in [0.3, 0.4) is 0 Å². The highest BCUT2D eigenvalue weighted by Crippen LogP contribution is 2.32. The SMILES string of the molecule is O=C(CN1C(=O)S/C(=C/c2cc3ccccc3oc2=O)C1=O)Nc1ccccc1N1CCOCC1. The van der Waals surface area contributed by atoms with Gasteiger partial charge in [0.1, 0.15) is 12.1 Å². The lowest BCUT2D eigenvalue weighted by molar-refractivity contribution is -0.127. The molecule has 0 saturated carbocycles. The van der Waals surface area contributed by atoms with E-state index in [2.05, 4.69) is 10.2 Å². The second-order valence-corrected chi connectivity index (χ2v) is 8.95. The molecule has 0 bridgehead atoms. The third-order valence-corrected chi connectivity index (χ3v) is 6.57. The fourth-order valence-electron chi connectivity index (χ4n) is 3.95. The molecule has 2 aromatic carbocycles. The maximum atomic E-state index is 12.9. The highest BCUT2D eigenvalue weighted by Gasteiger charge is 2.36. The van der Waals surface area contributed by atoms with E-state index in [-0.39, 0.29) is 10.5 Å². The number of amides is 3. The first-order valence-corrected chi connectivity index (χ1v) is 11.8. The predicted octanol–water partition coefficient (Wildman–Crippen LogP) is 3.30. The number of thioether (sulfide) groups is 1. The van der Waals surface area contributed by atoms with E-state index in [9.17, 15) is 19.2 Å². The summed E-state index contributed by atoms with van der Waals surface area (Å²) >= 11 is 0.681. The van der Waals surface area contributed by atoms with E-state index in [1.54, 1.807) is 42.5 Å². The van der Waals surface area contributed by atoms with E-state index in [4.69, 9.17) is 9.15 Å². The molecule has 178 valence electrons. The smallest absolute Gasteiger partial charge is 0.343 e. The molecule has 1 aromatic heterocycles. The number of rotatable bonds is 5. The van der Waals surface area contributed by atoms with Crippen LogP contribution in [-0.4, -0.2) is 54.8 Å². The number of carbonyl (C=O) groups is 3. The molecule has 10 heteroatoms. The van der Waals surface area contributed by atoms with Gasteiger partial charge in [0.05, 0.1) is 35.1 Å². The Kier molecular flexibility index (Phi) is 6.39. The minimum absolute atomic E-state index is 0.0547. The lowest BCUT2D eigenvalue weighted by Gasteiger charge is -2.30. The van der Waals surface area contributed by atoms with E-state index in [0.29, 0.717) is 54.7 Å². The van der Waals surface area contributed by atoms with E-state index < -0.39 is 29.2 Å². The Labute approximate surface area is 204 Å². The first kappa shape index (κ1) is 22.9. The van der Waals surface area contributed by atoms with Crippen molar-refractivity contribution in [3.63, 3.8) is 0 Å². The second kappa shape index (κ2) is 9.77. The number of nitrogens with zero attached hydrogens (tertiary/aromatic N) is 2. The molecule has 0 spiro atoms. The predicted molar refractivity (Wildman–Crippen MR) is 133 cm³/mol. The summed E-state index contributed by atoms with van der Waals surface area (Å²) in [6.07, 6.45) is 1.33. The van der Waals surface area contributed by atoms with Crippen molar-refractivity contribution in [2.45, 2.75) is 0 Å². The zero-order valence-corrected chi connectivity index (χ0v) is 19.4. The van der Waals surface area contributed by atoms with Gasteiger partial charge in [0.15, 0.2) is 0 Å². The molecular formula is C25H21N3O6S. The monoisotopic (exact) mass is 491 g/mol. The number of carbonyl (C=O) groups excluding carboxylic acids is 3. The fraction of sp³-hybridized carbons (Fsp3) is 0.200. The quantitative estimate of drug-likeness (QED) is 0.428. The van der Waals surface area contributed by atoms with Crippen molar-refractivity contribution in [1.29, 1.82) is 0 Å². The van der Waals surface area contributed by atoms with E-state index in [0.717, 1.165) is 10.6 Å². The van der Waals surface area contributed by atoms with Crippen LogP contribution in [0.1, 0.15) is 5.56 Å². The number of para-hydroxylation sites is 3. The summed E-state index contributed by atoms with van der Waals surface area (Å²) in [4.78, 5) is 53.5. The Morgan fingerprint density at radius 1 is 1.03 bits per heavy atom. The summed E-state index contributed by atoms with van der Waals surface area (Å²) in [6, 6.07) is 16.0. The zero-order valence-electron chi connectivity index (χ0n) is 18.6. The fourth-order valence-corrected chi connectivity index (χ4v) is 4.78. The number of hydrogen-bond acceptors (Lipinski definition) is 8. The minimum Gasteiger partial charge on any atom is -0.422 e. The lowest BCUT2D eigenvalue weighted by atomic mass is 10.2. The van der Waals surface area contributed by atoms with Crippen molar-refractivity contribution in [1.82, 2.24) is 4.90 Å². The van der Waals surface area contributed by atoms with Crippen LogP contribution in [-0.2, 0) is 14.3 Å². The summed E-state index contributed by atoms with van der Waals surface area (Å²) in [7, 11) is 0. The third kappa shape index (κ3) is 4.84. The standard InChI is InChI=1S/C25H21N3O6S/c29-22(26-18-6-2-3-7-19(18)27-9-11-33-12-10-27)15-28-23(30)21(35-25(28)32)14-17-13-16-5-1-4-8-20(16)34-24(17)31/h1-8,13-14H,9-12,15H2,(H,26,29)/b21-14+. The molecule has 35 heavy (non-hydrogen) atoms. The number of ether oxygens (including phenoxy) is 1. The average Bonchev–Trinajstić information content (AvgIpc) is 3.12. The summed E-state index contributed by atoms with van der Waals surface area (Å²) in [5, 5.41) is 2.92. The van der Waals surface area contributed by atoms with Crippen LogP contribution in [0.25, 0.3) is 17.0 Å². The van der Waals surface area contributed by atoms with E-state index in [1.807, 2.05) is 12.1 Å². The molecule has 0 aliphatic carbocycles. The summed E-state index contributed by atoms with van der Waals surface area (Å²) in [5.41, 5.74) is 1.40. The highest BCUT2D eigenvalue weighted by atomic mass is 32.2. The Balaban J connectivity index is 1.31. The first-order chi connectivity index (χ1) is 17.0. The van der Waals surface area contributed by atoms with Crippen molar-refractivity contribution in [3.8, 4) is 0 Å². The maximum Gasteiger partial charge on any atom is 0.343 e. The zero-order chi connectivity index (χ0) is 24.4. The maximum absolute atomic E-state index is 12.9. The Bertz CT molecular complexity index is 1410. The van der Waals surface area contributed by atoms with Crippen molar-refractivity contribution in [2.75, 3.05) is 43.1 Å². The number of imide groups is 1. The summed E-state index contributed by atoms with van der Waals surface area (Å²) < 4.78 is 10.7. The van der Waals surface area contributed by atoms with Crippen LogP contribution >= 0.6 is 11.8 Å². The molecule has 1 N–H and O–H groups in total. The van der Waals surface area contributed by atoms with Crippen molar-refractivity contribution >= 4 is 57.2 Å². The van der Waals surface area contributed by atoms with Gasteiger partial charge in [-0.1, -0.05) is 30.3 Å². The molecule has 2 fully saturated rings. The van der Waals surface area contributed by atoms with E-state index >= 15 is 0 Å². The van der Waals surface area contributed by atoms with Crippen LogP contribution in [0.2, 0.25) is 0 Å². The Hall–Kier alpha value is -3.89. The number of anilines is 2. The first-order valence-electron chi connectivity index (χ1n) is 11.0. The van der Waals surface area contributed by atoms with Gasteiger partial charge < -0.3 is 19.4 Å². The molecule has 2 aliphatic rings. The van der Waals surface area contributed by atoms with Crippen LogP contribution in [0.4, 0.5) is 16.2 Å². The van der Waals surface area contributed by atoms with Crippen LogP contribution in [0, 0.1) is 0 Å².